The van der Waals surface area contributed by atoms with Gasteiger partial charge in [-0.3, -0.25) is 4.79 Å². The summed E-state index contributed by atoms with van der Waals surface area (Å²) in [6.07, 6.45) is 1.11. The molecular formula is C29H27FN4O2. The Kier molecular flexibility index (Phi) is 6.07. The number of anilines is 1. The molecule has 3 aromatic carbocycles. The third-order valence-corrected chi connectivity index (χ3v) is 6.95. The van der Waals surface area contributed by atoms with Crippen LogP contribution in [0.5, 0.6) is 0 Å². The Bertz CT molecular complexity index is 1430. The summed E-state index contributed by atoms with van der Waals surface area (Å²) in [7, 11) is 0. The van der Waals surface area contributed by atoms with E-state index in [0.717, 1.165) is 46.5 Å². The first kappa shape index (κ1) is 22.6. The van der Waals surface area contributed by atoms with Gasteiger partial charge in [0.1, 0.15) is 17.5 Å². The third-order valence-electron chi connectivity index (χ3n) is 6.95. The highest BCUT2D eigenvalue weighted by atomic mass is 19.1. The van der Waals surface area contributed by atoms with Gasteiger partial charge in [0.2, 0.25) is 0 Å². The molecule has 0 N–H and O–H groups in total. The number of carbonyl (C=O) groups is 1. The van der Waals surface area contributed by atoms with Crippen LogP contribution in [-0.4, -0.2) is 53.6 Å². The number of nitrogens with zero attached hydrogens (tertiary/aromatic N) is 4. The summed E-state index contributed by atoms with van der Waals surface area (Å²) in [4.78, 5) is 27.6. The fourth-order valence-electron chi connectivity index (χ4n) is 5.15. The first-order chi connectivity index (χ1) is 17.7. The zero-order chi connectivity index (χ0) is 24.5. The summed E-state index contributed by atoms with van der Waals surface area (Å²) < 4.78 is 19.3. The summed E-state index contributed by atoms with van der Waals surface area (Å²) in [6.45, 7) is 3.80. The normalized spacial score (nSPS) is 15.7. The van der Waals surface area contributed by atoms with Gasteiger partial charge in [0, 0.05) is 43.6 Å². The van der Waals surface area contributed by atoms with Crippen molar-refractivity contribution in [2.75, 3.05) is 37.7 Å². The molecule has 0 bridgehead atoms. The topological polar surface area (TPSA) is 58.6 Å². The monoisotopic (exact) mass is 482 g/mol. The van der Waals surface area contributed by atoms with Crippen LogP contribution >= 0.6 is 0 Å². The van der Waals surface area contributed by atoms with E-state index in [4.69, 9.17) is 14.7 Å². The van der Waals surface area contributed by atoms with E-state index >= 15 is 0 Å². The van der Waals surface area contributed by atoms with Crippen LogP contribution in [0.3, 0.4) is 0 Å². The number of aromatic nitrogens is 2. The van der Waals surface area contributed by atoms with Crippen LogP contribution in [0.15, 0.2) is 66.7 Å². The SMILES string of the molecule is O=C(c1cccc2ccccc12)N1CCc2nc(Cc3cccc(F)c3)nc(N3CCOCC3)c2C1. The lowest BCUT2D eigenvalue weighted by molar-refractivity contribution is 0.0735. The van der Waals surface area contributed by atoms with Crippen LogP contribution in [0.1, 0.15) is 33.0 Å². The van der Waals surface area contributed by atoms with Crippen molar-refractivity contribution in [1.82, 2.24) is 14.9 Å². The summed E-state index contributed by atoms with van der Waals surface area (Å²) in [5.41, 5.74) is 3.53. The maximum absolute atomic E-state index is 13.8. The molecule has 0 unspecified atom stereocenters. The predicted octanol–water partition coefficient (Wildman–Crippen LogP) is 4.39. The second-order valence-corrected chi connectivity index (χ2v) is 9.30. The van der Waals surface area contributed by atoms with Crippen LogP contribution < -0.4 is 4.90 Å². The van der Waals surface area contributed by atoms with Crippen molar-refractivity contribution in [1.29, 1.82) is 0 Å². The van der Waals surface area contributed by atoms with Gasteiger partial charge in [0.15, 0.2) is 0 Å². The molecular weight excluding hydrogens is 455 g/mol. The Labute approximate surface area is 209 Å². The molecule has 1 aromatic heterocycles. The molecule has 2 aliphatic rings. The van der Waals surface area contributed by atoms with Gasteiger partial charge in [-0.2, -0.15) is 0 Å². The van der Waals surface area contributed by atoms with Crippen LogP contribution in [0.2, 0.25) is 0 Å². The van der Waals surface area contributed by atoms with Gasteiger partial charge in [-0.1, -0.05) is 48.5 Å². The number of hydrogen-bond acceptors (Lipinski definition) is 5. The molecule has 0 aliphatic carbocycles. The van der Waals surface area contributed by atoms with Gasteiger partial charge >= 0.3 is 0 Å². The van der Waals surface area contributed by atoms with Gasteiger partial charge in [-0.15, -0.1) is 0 Å². The number of amides is 1. The van der Waals surface area contributed by atoms with Crippen molar-refractivity contribution in [3.8, 4) is 0 Å². The van der Waals surface area contributed by atoms with Crippen LogP contribution in [0, 0.1) is 5.82 Å². The summed E-state index contributed by atoms with van der Waals surface area (Å²) in [5, 5.41) is 2.02. The minimum atomic E-state index is -0.263. The maximum Gasteiger partial charge on any atom is 0.254 e. The lowest BCUT2D eigenvalue weighted by Gasteiger charge is -2.34. The summed E-state index contributed by atoms with van der Waals surface area (Å²) in [5.74, 6) is 1.30. The van der Waals surface area contributed by atoms with E-state index in [1.54, 1.807) is 6.07 Å². The minimum absolute atomic E-state index is 0.0224. The molecule has 6 nitrogen and oxygen atoms in total. The van der Waals surface area contributed by atoms with Crippen LogP contribution in [-0.2, 0) is 24.1 Å². The number of fused-ring (bicyclic) bond motifs is 2. The quantitative estimate of drug-likeness (QED) is 0.432. The van der Waals surface area contributed by atoms with E-state index in [1.165, 1.54) is 12.1 Å². The zero-order valence-electron chi connectivity index (χ0n) is 20.0. The van der Waals surface area contributed by atoms with Gasteiger partial charge < -0.3 is 14.5 Å². The van der Waals surface area contributed by atoms with Gasteiger partial charge in [-0.25, -0.2) is 14.4 Å². The van der Waals surface area contributed by atoms with Crippen molar-refractivity contribution < 1.29 is 13.9 Å². The number of carbonyl (C=O) groups excluding carboxylic acids is 1. The number of benzene rings is 3. The highest BCUT2D eigenvalue weighted by Gasteiger charge is 2.29. The van der Waals surface area contributed by atoms with Gasteiger partial charge in [-0.05, 0) is 34.5 Å². The first-order valence-corrected chi connectivity index (χ1v) is 12.4. The van der Waals surface area contributed by atoms with Crippen molar-refractivity contribution in [2.24, 2.45) is 0 Å². The Morgan fingerprint density at radius 3 is 2.61 bits per heavy atom. The average molecular weight is 483 g/mol. The molecule has 36 heavy (non-hydrogen) atoms. The molecule has 1 amide bonds. The van der Waals surface area contributed by atoms with Crippen molar-refractivity contribution in [3.05, 3.63) is 101 Å². The van der Waals surface area contributed by atoms with E-state index in [9.17, 15) is 9.18 Å². The largest absolute Gasteiger partial charge is 0.378 e. The fourth-order valence-corrected chi connectivity index (χ4v) is 5.15. The molecule has 0 saturated carbocycles. The van der Waals surface area contributed by atoms with E-state index in [1.807, 2.05) is 53.4 Å². The lowest BCUT2D eigenvalue weighted by Crippen LogP contribution is -2.41. The molecule has 7 heteroatoms. The van der Waals surface area contributed by atoms with Crippen LogP contribution in [0.4, 0.5) is 10.2 Å². The van der Waals surface area contributed by atoms with E-state index in [-0.39, 0.29) is 11.7 Å². The highest BCUT2D eigenvalue weighted by Crippen LogP contribution is 2.30. The highest BCUT2D eigenvalue weighted by molar-refractivity contribution is 6.07. The molecule has 0 atom stereocenters. The molecule has 182 valence electrons. The zero-order valence-corrected chi connectivity index (χ0v) is 20.0. The number of halogens is 1. The number of ether oxygens (including phenoxy) is 1. The molecule has 2 aliphatic heterocycles. The molecule has 1 saturated heterocycles. The Morgan fingerprint density at radius 1 is 0.944 bits per heavy atom. The molecule has 4 aromatic rings. The van der Waals surface area contributed by atoms with Gasteiger partial charge in [0.05, 0.1) is 25.5 Å². The van der Waals surface area contributed by atoms with Crippen molar-refractivity contribution in [3.63, 3.8) is 0 Å². The lowest BCUT2D eigenvalue weighted by atomic mass is 10.0. The Hall–Kier alpha value is -3.84. The molecule has 0 spiro atoms. The molecule has 3 heterocycles. The molecule has 1 fully saturated rings. The molecule has 0 radical (unpaired) electrons. The number of hydrogen-bond donors (Lipinski definition) is 0. The smallest absolute Gasteiger partial charge is 0.254 e. The number of rotatable bonds is 4. The standard InChI is InChI=1S/C29H27FN4O2/c30-22-8-3-5-20(17-22)18-27-31-26-11-12-34(19-25(26)28(32-27)33-13-15-36-16-14-33)29(35)24-10-4-7-21-6-1-2-9-23(21)24/h1-10,17H,11-16,18-19H2. The Morgan fingerprint density at radius 2 is 1.75 bits per heavy atom. The van der Waals surface area contributed by atoms with Gasteiger partial charge in [0.25, 0.3) is 5.91 Å². The fraction of sp³-hybridized carbons (Fsp3) is 0.276. The molecule has 6 rings (SSSR count). The second kappa shape index (κ2) is 9.66. The second-order valence-electron chi connectivity index (χ2n) is 9.30. The first-order valence-electron chi connectivity index (χ1n) is 12.4. The maximum atomic E-state index is 13.8. The Balaban J connectivity index is 1.35. The van der Waals surface area contributed by atoms with E-state index < -0.39 is 0 Å². The number of morpholine rings is 1. The van der Waals surface area contributed by atoms with Crippen molar-refractivity contribution >= 4 is 22.5 Å². The minimum Gasteiger partial charge on any atom is -0.378 e. The predicted molar refractivity (Wildman–Crippen MR) is 137 cm³/mol. The third kappa shape index (κ3) is 4.42. The summed E-state index contributed by atoms with van der Waals surface area (Å²) in [6, 6.07) is 20.4. The average Bonchev–Trinajstić information content (AvgIpc) is 2.92. The van der Waals surface area contributed by atoms with E-state index in [2.05, 4.69) is 4.90 Å². The van der Waals surface area contributed by atoms with Crippen LogP contribution in [0.25, 0.3) is 10.8 Å². The van der Waals surface area contributed by atoms with E-state index in [0.29, 0.717) is 50.5 Å². The summed E-state index contributed by atoms with van der Waals surface area (Å²) >= 11 is 0. The van der Waals surface area contributed by atoms with Crippen molar-refractivity contribution in [2.45, 2.75) is 19.4 Å².